The Hall–Kier alpha value is -0.825. The molecule has 6 saturated heterocycles. The molecule has 0 amide bonds. The van der Waals surface area contributed by atoms with Gasteiger partial charge in [-0.05, 0) is 101 Å². The van der Waals surface area contributed by atoms with E-state index < -0.39 is 70.4 Å². The molecule has 0 aromatic carbocycles. The summed E-state index contributed by atoms with van der Waals surface area (Å²) in [5, 5.41) is 0. The molecule has 6 rings (SSSR count). The van der Waals surface area contributed by atoms with Crippen molar-refractivity contribution in [2.24, 2.45) is 0 Å². The standard InChI is InChI=1S/C24H40O12Si8/c1-9-17-37-25-38(18-10-2)28-41(21-13-5)30-39(26-37,19-11-3)32-43(23-15-7)33-40(27-37,20-12-4)31-42(29-38,22-14-6)35-44(34-41,36-43)24-16-8/h9-24H,1-8H3/b17-9+,18-10+,19-11+,20-12+,21-13+,22-14+,23-15+,24-16+. The van der Waals surface area contributed by atoms with Gasteiger partial charge in [0, 0.05) is 0 Å². The van der Waals surface area contributed by atoms with Crippen molar-refractivity contribution >= 4 is 70.4 Å². The minimum atomic E-state index is -4.06. The van der Waals surface area contributed by atoms with Crippen LogP contribution in [0.1, 0.15) is 55.4 Å². The number of hydrogen-bond acceptors (Lipinski definition) is 12. The van der Waals surface area contributed by atoms with Gasteiger partial charge in [-0.1, -0.05) is 48.6 Å². The summed E-state index contributed by atoms with van der Waals surface area (Å²) in [6.07, 6.45) is 14.4. The topological polar surface area (TPSA) is 111 Å². The quantitative estimate of drug-likeness (QED) is 0.322. The van der Waals surface area contributed by atoms with Gasteiger partial charge >= 0.3 is 70.4 Å². The third-order valence-corrected chi connectivity index (χ3v) is 39.6. The van der Waals surface area contributed by atoms with E-state index in [-0.39, 0.29) is 0 Å². The number of hydrogen-bond donors (Lipinski definition) is 0. The first-order valence-electron chi connectivity index (χ1n) is 14.5. The van der Waals surface area contributed by atoms with E-state index >= 15 is 0 Å². The average Bonchev–Trinajstić information content (AvgIpc) is 2.85. The first-order chi connectivity index (χ1) is 21.0. The Kier molecular flexibility index (Phi) is 9.92. The summed E-state index contributed by atoms with van der Waals surface area (Å²) in [7, 11) is -32.5. The van der Waals surface area contributed by atoms with E-state index in [0.29, 0.717) is 0 Å². The Bertz CT molecular complexity index is 977. The van der Waals surface area contributed by atoms with Crippen LogP contribution in [0.5, 0.6) is 0 Å². The van der Waals surface area contributed by atoms with Crippen molar-refractivity contribution in [1.82, 2.24) is 0 Å². The molecule has 240 valence electrons. The van der Waals surface area contributed by atoms with Crippen LogP contribution in [0, 0.1) is 0 Å². The van der Waals surface area contributed by atoms with E-state index in [4.69, 9.17) is 49.4 Å². The SMILES string of the molecule is C/C=C/[Si]12O[Si]3(/C=C/C)O[Si]4(/C=C/C)O[Si](/C=C/C)(O1)O[Si]1(/C=C/C)O[Si](/C=C/C)(O2)O[Si](/C=C/C)(O3)O[Si](/C=C/C)(O4)O1. The summed E-state index contributed by atoms with van der Waals surface area (Å²) in [6.45, 7) is 14.8. The van der Waals surface area contributed by atoms with E-state index in [2.05, 4.69) is 0 Å². The molecular weight excluding hydrogens is 705 g/mol. The maximum absolute atomic E-state index is 7.08. The highest BCUT2D eigenvalue weighted by Crippen LogP contribution is 2.50. The zero-order valence-electron chi connectivity index (χ0n) is 26.1. The number of rotatable bonds is 8. The van der Waals surface area contributed by atoms with Gasteiger partial charge < -0.3 is 49.4 Å². The lowest BCUT2D eigenvalue weighted by Crippen LogP contribution is -2.87. The van der Waals surface area contributed by atoms with Crippen molar-refractivity contribution in [3.63, 3.8) is 0 Å². The summed E-state index contributed by atoms with van der Waals surface area (Å²) in [5.74, 6) is 0. The monoisotopic (exact) mass is 744 g/mol. The molecule has 6 fully saturated rings. The normalized spacial score (nSPS) is 47.8. The Labute approximate surface area is 268 Å². The van der Waals surface area contributed by atoms with Gasteiger partial charge in [0.15, 0.2) is 0 Å². The molecule has 6 aliphatic heterocycles. The highest BCUT2D eigenvalue weighted by molar-refractivity contribution is 7.07. The molecule has 0 atom stereocenters. The predicted octanol–water partition coefficient (Wildman–Crippen LogP) is 4.69. The van der Waals surface area contributed by atoms with Crippen molar-refractivity contribution in [1.29, 1.82) is 0 Å². The molecule has 0 saturated carbocycles. The molecular formula is C24H40O12Si8. The second-order valence-corrected chi connectivity index (χ2v) is 32.2. The molecule has 0 radical (unpaired) electrons. The van der Waals surface area contributed by atoms with Crippen LogP contribution in [-0.4, -0.2) is 70.4 Å². The van der Waals surface area contributed by atoms with Crippen LogP contribution in [0.15, 0.2) is 94.2 Å². The molecule has 0 aromatic heterocycles. The van der Waals surface area contributed by atoms with Crippen LogP contribution in [0.2, 0.25) is 0 Å². The molecule has 12 nitrogen and oxygen atoms in total. The van der Waals surface area contributed by atoms with E-state index in [1.165, 1.54) is 0 Å². The van der Waals surface area contributed by atoms with Crippen LogP contribution in [0.3, 0.4) is 0 Å². The molecule has 8 bridgehead atoms. The summed E-state index contributed by atoms with van der Waals surface area (Å²) >= 11 is 0. The van der Waals surface area contributed by atoms with Crippen molar-refractivity contribution in [3.05, 3.63) is 94.2 Å². The predicted molar refractivity (Wildman–Crippen MR) is 178 cm³/mol. The third kappa shape index (κ3) is 6.24. The average molecular weight is 745 g/mol. The Balaban J connectivity index is 1.99. The first-order valence-corrected chi connectivity index (χ1v) is 28.9. The summed E-state index contributed by atoms with van der Waals surface area (Å²) in [5.41, 5.74) is 14.0. The van der Waals surface area contributed by atoms with Crippen LogP contribution < -0.4 is 0 Å². The lowest BCUT2D eigenvalue weighted by atomic mass is 10.8. The molecule has 0 spiro atoms. The lowest BCUT2D eigenvalue weighted by Gasteiger charge is -2.60. The van der Waals surface area contributed by atoms with Gasteiger partial charge in [-0.2, -0.15) is 0 Å². The zero-order chi connectivity index (χ0) is 31.8. The molecule has 6 aliphatic rings. The fourth-order valence-electron chi connectivity index (χ4n) is 5.33. The fourth-order valence-corrected chi connectivity index (χ4v) is 47.2. The fraction of sp³-hybridized carbons (Fsp3) is 0.333. The van der Waals surface area contributed by atoms with Crippen LogP contribution >= 0.6 is 0 Å². The zero-order valence-corrected chi connectivity index (χ0v) is 34.1. The Morgan fingerprint density at radius 2 is 0.295 bits per heavy atom. The van der Waals surface area contributed by atoms with E-state index in [9.17, 15) is 0 Å². The minimum absolute atomic E-state index is 1.75. The number of allylic oxidation sites excluding steroid dienone is 8. The summed E-state index contributed by atoms with van der Waals surface area (Å²) < 4.78 is 84.9. The molecule has 6 heterocycles. The molecule has 20 heteroatoms. The highest BCUT2D eigenvalue weighted by atomic mass is 28.6. The van der Waals surface area contributed by atoms with Crippen molar-refractivity contribution in [3.8, 4) is 0 Å². The van der Waals surface area contributed by atoms with E-state index in [0.717, 1.165) is 0 Å². The van der Waals surface area contributed by atoms with Crippen molar-refractivity contribution < 1.29 is 49.4 Å². The molecule has 0 N–H and O–H groups in total. The van der Waals surface area contributed by atoms with Crippen molar-refractivity contribution in [2.75, 3.05) is 0 Å². The van der Waals surface area contributed by atoms with Gasteiger partial charge in [0.1, 0.15) is 0 Å². The van der Waals surface area contributed by atoms with Crippen LogP contribution in [0.4, 0.5) is 0 Å². The molecule has 0 unspecified atom stereocenters. The van der Waals surface area contributed by atoms with Gasteiger partial charge in [-0.3, -0.25) is 0 Å². The minimum Gasteiger partial charge on any atom is -0.367 e. The summed E-state index contributed by atoms with van der Waals surface area (Å²) in [6, 6.07) is 0. The molecule has 44 heavy (non-hydrogen) atoms. The highest BCUT2D eigenvalue weighted by Gasteiger charge is 2.81. The maximum atomic E-state index is 7.08. The van der Waals surface area contributed by atoms with Crippen LogP contribution in [-0.2, 0) is 49.4 Å². The van der Waals surface area contributed by atoms with Gasteiger partial charge in [-0.15, -0.1) is 0 Å². The second kappa shape index (κ2) is 12.7. The summed E-state index contributed by atoms with van der Waals surface area (Å²) in [4.78, 5) is 0. The Morgan fingerprint density at radius 1 is 0.205 bits per heavy atom. The Morgan fingerprint density at radius 3 is 0.364 bits per heavy atom. The lowest BCUT2D eigenvalue weighted by molar-refractivity contribution is -0.00602. The van der Waals surface area contributed by atoms with Crippen LogP contribution in [0.25, 0.3) is 0 Å². The van der Waals surface area contributed by atoms with Gasteiger partial charge in [0.25, 0.3) is 0 Å². The molecule has 0 aromatic rings. The first kappa shape index (κ1) is 34.5. The maximum Gasteiger partial charge on any atom is 0.507 e. The van der Waals surface area contributed by atoms with E-state index in [1.807, 2.05) is 55.4 Å². The second-order valence-electron chi connectivity index (χ2n) is 10.1. The smallest absolute Gasteiger partial charge is 0.367 e. The largest absolute Gasteiger partial charge is 0.507 e. The molecule has 0 aliphatic carbocycles. The van der Waals surface area contributed by atoms with Gasteiger partial charge in [-0.25, -0.2) is 0 Å². The van der Waals surface area contributed by atoms with Gasteiger partial charge in [0.05, 0.1) is 0 Å². The third-order valence-electron chi connectivity index (χ3n) is 6.38. The van der Waals surface area contributed by atoms with Gasteiger partial charge in [0.2, 0.25) is 0 Å². The van der Waals surface area contributed by atoms with E-state index in [1.54, 1.807) is 94.2 Å². The van der Waals surface area contributed by atoms with Crippen molar-refractivity contribution in [2.45, 2.75) is 55.4 Å².